The summed E-state index contributed by atoms with van der Waals surface area (Å²) in [5.74, 6) is 0.0191. The van der Waals surface area contributed by atoms with Crippen molar-refractivity contribution in [3.05, 3.63) is 102 Å². The van der Waals surface area contributed by atoms with E-state index in [1.54, 1.807) is 11.3 Å². The van der Waals surface area contributed by atoms with E-state index in [1.807, 2.05) is 60.7 Å². The molecule has 2 aromatic heterocycles. The van der Waals surface area contributed by atoms with Gasteiger partial charge in [0.2, 0.25) is 5.88 Å². The van der Waals surface area contributed by atoms with Gasteiger partial charge in [-0.1, -0.05) is 36.4 Å². The molecule has 2 heterocycles. The van der Waals surface area contributed by atoms with Gasteiger partial charge in [0.05, 0.1) is 10.2 Å². The number of hydrogen-bond donors (Lipinski definition) is 1. The maximum atomic E-state index is 12.7. The Morgan fingerprint density at radius 1 is 0.970 bits per heavy atom. The van der Waals surface area contributed by atoms with E-state index in [0.29, 0.717) is 18.2 Å². The molecule has 0 bridgehead atoms. The summed E-state index contributed by atoms with van der Waals surface area (Å²) in [5, 5.41) is 3.82. The summed E-state index contributed by atoms with van der Waals surface area (Å²) in [6.07, 6.45) is 1.33. The van der Waals surface area contributed by atoms with Gasteiger partial charge in [-0.3, -0.25) is 4.79 Å². The summed E-state index contributed by atoms with van der Waals surface area (Å²) in [5.41, 5.74) is 5.14. The van der Waals surface area contributed by atoms with Gasteiger partial charge >= 0.3 is 0 Å². The molecular formula is C26H20N4O2S. The second-order valence-corrected chi connectivity index (χ2v) is 8.57. The van der Waals surface area contributed by atoms with E-state index in [1.165, 1.54) is 18.0 Å². The number of hydrogen-bond acceptors (Lipinski definition) is 6. The monoisotopic (exact) mass is 452 g/mol. The molecule has 162 valence electrons. The van der Waals surface area contributed by atoms with Crippen molar-refractivity contribution in [2.24, 2.45) is 0 Å². The summed E-state index contributed by atoms with van der Waals surface area (Å²) in [7, 11) is 0. The molecule has 0 fully saturated rings. The molecule has 0 radical (unpaired) electrons. The van der Waals surface area contributed by atoms with Crippen LogP contribution in [0.25, 0.3) is 20.8 Å². The van der Waals surface area contributed by atoms with E-state index in [0.717, 1.165) is 26.4 Å². The van der Waals surface area contributed by atoms with Crippen molar-refractivity contribution in [1.82, 2.24) is 15.0 Å². The van der Waals surface area contributed by atoms with Crippen molar-refractivity contribution >= 4 is 33.1 Å². The Morgan fingerprint density at radius 2 is 1.79 bits per heavy atom. The predicted molar refractivity (Wildman–Crippen MR) is 131 cm³/mol. The van der Waals surface area contributed by atoms with Gasteiger partial charge in [0.25, 0.3) is 5.91 Å². The van der Waals surface area contributed by atoms with Crippen molar-refractivity contribution in [2.45, 2.75) is 13.5 Å². The molecule has 0 atom stereocenters. The zero-order valence-electron chi connectivity index (χ0n) is 17.9. The molecule has 0 saturated carbocycles. The van der Waals surface area contributed by atoms with Crippen LogP contribution in [-0.4, -0.2) is 20.9 Å². The molecule has 1 amide bonds. The molecular weight excluding hydrogens is 432 g/mol. The zero-order valence-corrected chi connectivity index (χ0v) is 18.7. The number of fused-ring (bicyclic) bond motifs is 1. The van der Waals surface area contributed by atoms with E-state index in [2.05, 4.69) is 34.3 Å². The molecule has 1 N–H and O–H groups in total. The molecule has 0 aliphatic heterocycles. The number of anilines is 1. The normalized spacial score (nSPS) is 10.8. The second kappa shape index (κ2) is 9.18. The topological polar surface area (TPSA) is 77.0 Å². The SMILES string of the molecule is Cc1ccc2nc(-c3ccc(NC(=O)c4cc(OCc5ccccc5)ncn4)cc3)sc2c1. The van der Waals surface area contributed by atoms with Gasteiger partial charge in [-0.15, -0.1) is 11.3 Å². The summed E-state index contributed by atoms with van der Waals surface area (Å²) in [4.78, 5) is 25.6. The van der Waals surface area contributed by atoms with Crippen LogP contribution in [0.3, 0.4) is 0 Å². The highest BCUT2D eigenvalue weighted by molar-refractivity contribution is 7.21. The third-order valence-corrected chi connectivity index (χ3v) is 6.11. The molecule has 6 nitrogen and oxygen atoms in total. The fourth-order valence-electron chi connectivity index (χ4n) is 3.32. The molecule has 5 aromatic rings. The fourth-order valence-corrected chi connectivity index (χ4v) is 4.39. The smallest absolute Gasteiger partial charge is 0.274 e. The number of nitrogens with zero attached hydrogens (tertiary/aromatic N) is 3. The van der Waals surface area contributed by atoms with Gasteiger partial charge in [0.15, 0.2) is 0 Å². The Balaban J connectivity index is 1.26. The highest BCUT2D eigenvalue weighted by atomic mass is 32.1. The maximum Gasteiger partial charge on any atom is 0.274 e. The minimum atomic E-state index is -0.329. The van der Waals surface area contributed by atoms with Gasteiger partial charge in [-0.25, -0.2) is 15.0 Å². The van der Waals surface area contributed by atoms with Gasteiger partial charge < -0.3 is 10.1 Å². The minimum Gasteiger partial charge on any atom is -0.473 e. The quantitative estimate of drug-likeness (QED) is 0.347. The lowest BCUT2D eigenvalue weighted by Crippen LogP contribution is -2.14. The fraction of sp³-hybridized carbons (Fsp3) is 0.0769. The lowest BCUT2D eigenvalue weighted by atomic mass is 10.2. The highest BCUT2D eigenvalue weighted by Gasteiger charge is 2.11. The predicted octanol–water partition coefficient (Wildman–Crippen LogP) is 5.89. The van der Waals surface area contributed by atoms with Crippen molar-refractivity contribution in [1.29, 1.82) is 0 Å². The summed E-state index contributed by atoms with van der Waals surface area (Å²) in [6.45, 7) is 2.44. The number of nitrogens with one attached hydrogen (secondary N) is 1. The van der Waals surface area contributed by atoms with E-state index >= 15 is 0 Å². The Kier molecular flexibility index (Phi) is 5.78. The average Bonchev–Trinajstić information content (AvgIpc) is 3.27. The van der Waals surface area contributed by atoms with Crippen molar-refractivity contribution in [2.75, 3.05) is 5.32 Å². The zero-order chi connectivity index (χ0) is 22.6. The third-order valence-electron chi connectivity index (χ3n) is 5.04. The number of carbonyl (C=O) groups excluding carboxylic acids is 1. The number of aryl methyl sites for hydroxylation is 1. The molecule has 3 aromatic carbocycles. The van der Waals surface area contributed by atoms with Crippen LogP contribution >= 0.6 is 11.3 Å². The Labute approximate surface area is 195 Å². The van der Waals surface area contributed by atoms with Crippen molar-refractivity contribution in [3.8, 4) is 16.5 Å². The molecule has 0 saturated heterocycles. The van der Waals surface area contributed by atoms with Crippen LogP contribution < -0.4 is 10.1 Å². The van der Waals surface area contributed by atoms with Crippen LogP contribution in [0.5, 0.6) is 5.88 Å². The van der Waals surface area contributed by atoms with Crippen LogP contribution in [0, 0.1) is 6.92 Å². The number of ether oxygens (including phenoxy) is 1. The number of rotatable bonds is 6. The van der Waals surface area contributed by atoms with Gasteiger partial charge in [0.1, 0.15) is 23.6 Å². The van der Waals surface area contributed by atoms with Crippen LogP contribution in [-0.2, 0) is 6.61 Å². The maximum absolute atomic E-state index is 12.7. The number of aromatic nitrogens is 3. The minimum absolute atomic E-state index is 0.235. The first-order valence-corrected chi connectivity index (χ1v) is 11.2. The molecule has 0 aliphatic carbocycles. The van der Waals surface area contributed by atoms with Gasteiger partial charge in [-0.05, 0) is 54.4 Å². The third kappa shape index (κ3) is 4.88. The van der Waals surface area contributed by atoms with Gasteiger partial charge in [0, 0.05) is 17.3 Å². The van der Waals surface area contributed by atoms with Gasteiger partial charge in [-0.2, -0.15) is 0 Å². The highest BCUT2D eigenvalue weighted by Crippen LogP contribution is 2.31. The number of benzene rings is 3. The average molecular weight is 453 g/mol. The standard InChI is InChI=1S/C26H20N4O2S/c1-17-7-12-21-23(13-17)33-26(30-21)19-8-10-20(11-9-19)29-25(31)22-14-24(28-16-27-22)32-15-18-5-3-2-4-6-18/h2-14,16H,15H2,1H3,(H,29,31). The van der Waals surface area contributed by atoms with E-state index in [4.69, 9.17) is 9.72 Å². The number of amides is 1. The van der Waals surface area contributed by atoms with E-state index < -0.39 is 0 Å². The first kappa shape index (κ1) is 20.8. The lowest BCUT2D eigenvalue weighted by Gasteiger charge is -2.08. The summed E-state index contributed by atoms with van der Waals surface area (Å²) < 4.78 is 6.86. The Morgan fingerprint density at radius 3 is 2.61 bits per heavy atom. The van der Waals surface area contributed by atoms with Crippen LogP contribution in [0.15, 0.2) is 85.2 Å². The molecule has 0 unspecified atom stereocenters. The number of thiazole rings is 1. The lowest BCUT2D eigenvalue weighted by molar-refractivity contribution is 0.102. The molecule has 0 aliphatic rings. The largest absolute Gasteiger partial charge is 0.473 e. The van der Waals surface area contributed by atoms with Crippen LogP contribution in [0.1, 0.15) is 21.6 Å². The van der Waals surface area contributed by atoms with Crippen molar-refractivity contribution < 1.29 is 9.53 Å². The van der Waals surface area contributed by atoms with E-state index in [9.17, 15) is 4.79 Å². The van der Waals surface area contributed by atoms with Crippen LogP contribution in [0.4, 0.5) is 5.69 Å². The first-order valence-electron chi connectivity index (χ1n) is 10.4. The number of carbonyl (C=O) groups is 1. The first-order chi connectivity index (χ1) is 16.1. The molecule has 5 rings (SSSR count). The second-order valence-electron chi connectivity index (χ2n) is 7.54. The summed E-state index contributed by atoms with van der Waals surface area (Å²) >= 11 is 1.66. The Bertz CT molecular complexity index is 1420. The Hall–Kier alpha value is -4.10. The van der Waals surface area contributed by atoms with E-state index in [-0.39, 0.29) is 11.6 Å². The molecule has 7 heteroatoms. The molecule has 0 spiro atoms. The van der Waals surface area contributed by atoms with Crippen LogP contribution in [0.2, 0.25) is 0 Å². The summed E-state index contributed by atoms with van der Waals surface area (Å²) in [6, 6.07) is 25.2. The van der Waals surface area contributed by atoms with Crippen molar-refractivity contribution in [3.63, 3.8) is 0 Å². The molecule has 33 heavy (non-hydrogen) atoms.